The fourth-order valence-electron chi connectivity index (χ4n) is 1.78. The fourth-order valence-corrected chi connectivity index (χ4v) is 1.78. The summed E-state index contributed by atoms with van der Waals surface area (Å²) in [7, 11) is 0. The molecule has 0 bridgehead atoms. The van der Waals surface area contributed by atoms with Gasteiger partial charge in [-0.2, -0.15) is 0 Å². The van der Waals surface area contributed by atoms with Crippen molar-refractivity contribution in [2.45, 2.75) is 19.7 Å². The molecule has 0 aliphatic heterocycles. The first-order valence-corrected chi connectivity index (χ1v) is 6.48. The third kappa shape index (κ3) is 4.47. The van der Waals surface area contributed by atoms with Crippen molar-refractivity contribution in [3.8, 4) is 5.75 Å². The molecule has 1 aromatic heterocycles. The lowest BCUT2D eigenvalue weighted by molar-refractivity contribution is -0.274. The molecule has 0 unspecified atom stereocenters. The van der Waals surface area contributed by atoms with Gasteiger partial charge in [-0.15, -0.1) is 13.2 Å². The molecule has 1 heterocycles. The number of hydrogen-bond donors (Lipinski definition) is 1. The zero-order chi connectivity index (χ0) is 16.2. The van der Waals surface area contributed by atoms with Gasteiger partial charge in [0, 0.05) is 24.1 Å². The van der Waals surface area contributed by atoms with E-state index in [2.05, 4.69) is 15.0 Å². The number of halogens is 3. The number of anilines is 1. The highest BCUT2D eigenvalue weighted by molar-refractivity contribution is 6.04. The first kappa shape index (κ1) is 15.8. The average Bonchev–Trinajstić information content (AvgIpc) is 2.46. The third-order valence-electron chi connectivity index (χ3n) is 2.79. The maximum Gasteiger partial charge on any atom is 0.573 e. The molecule has 0 atom stereocenters. The van der Waals surface area contributed by atoms with Gasteiger partial charge in [0.05, 0.1) is 5.56 Å². The Balaban J connectivity index is 2.13. The van der Waals surface area contributed by atoms with E-state index >= 15 is 0 Å². The van der Waals surface area contributed by atoms with E-state index in [-0.39, 0.29) is 5.69 Å². The van der Waals surface area contributed by atoms with Gasteiger partial charge in [0.25, 0.3) is 5.91 Å². The van der Waals surface area contributed by atoms with Gasteiger partial charge in [-0.25, -0.2) is 0 Å². The van der Waals surface area contributed by atoms with Crippen molar-refractivity contribution < 1.29 is 22.7 Å². The van der Waals surface area contributed by atoms with E-state index in [4.69, 9.17) is 0 Å². The van der Waals surface area contributed by atoms with Gasteiger partial charge in [-0.05, 0) is 30.2 Å². The van der Waals surface area contributed by atoms with Crippen LogP contribution in [0.2, 0.25) is 0 Å². The van der Waals surface area contributed by atoms with Crippen LogP contribution in [-0.4, -0.2) is 17.3 Å². The van der Waals surface area contributed by atoms with Crippen LogP contribution in [0.4, 0.5) is 18.9 Å². The lowest BCUT2D eigenvalue weighted by Gasteiger charge is -2.11. The summed E-state index contributed by atoms with van der Waals surface area (Å²) in [5, 5.41) is 2.51. The monoisotopic (exact) mass is 310 g/mol. The summed E-state index contributed by atoms with van der Waals surface area (Å²) in [6.07, 6.45) is -1.01. The van der Waals surface area contributed by atoms with Crippen LogP contribution in [0.25, 0.3) is 0 Å². The highest BCUT2D eigenvalue weighted by atomic mass is 19.4. The predicted molar refractivity (Wildman–Crippen MR) is 74.7 cm³/mol. The predicted octanol–water partition coefficient (Wildman–Crippen LogP) is 3.79. The number of benzene rings is 1. The van der Waals surface area contributed by atoms with Crippen molar-refractivity contribution in [3.05, 3.63) is 53.9 Å². The van der Waals surface area contributed by atoms with E-state index in [0.717, 1.165) is 24.1 Å². The van der Waals surface area contributed by atoms with Crippen molar-refractivity contribution in [2.24, 2.45) is 0 Å². The lowest BCUT2D eigenvalue weighted by Crippen LogP contribution is -2.17. The van der Waals surface area contributed by atoms with Gasteiger partial charge in [0.1, 0.15) is 5.75 Å². The molecule has 0 aliphatic carbocycles. The molecule has 7 heteroatoms. The Hall–Kier alpha value is -2.57. The van der Waals surface area contributed by atoms with Gasteiger partial charge in [0.15, 0.2) is 0 Å². The van der Waals surface area contributed by atoms with Gasteiger partial charge < -0.3 is 10.1 Å². The minimum Gasteiger partial charge on any atom is -0.406 e. The summed E-state index contributed by atoms with van der Waals surface area (Å²) >= 11 is 0. The smallest absolute Gasteiger partial charge is 0.406 e. The molecule has 0 saturated carbocycles. The molecule has 1 N–H and O–H groups in total. The number of carbonyl (C=O) groups is 1. The molecule has 0 aliphatic rings. The minimum atomic E-state index is -4.78. The van der Waals surface area contributed by atoms with E-state index in [1.165, 1.54) is 18.3 Å². The summed E-state index contributed by atoms with van der Waals surface area (Å²) in [5.41, 5.74) is 1.43. The van der Waals surface area contributed by atoms with E-state index in [0.29, 0.717) is 5.56 Å². The van der Waals surface area contributed by atoms with Crippen LogP contribution in [0.3, 0.4) is 0 Å². The molecule has 22 heavy (non-hydrogen) atoms. The highest BCUT2D eigenvalue weighted by Crippen LogP contribution is 2.25. The Kier molecular flexibility index (Phi) is 4.65. The second-order valence-electron chi connectivity index (χ2n) is 4.47. The summed E-state index contributed by atoms with van der Waals surface area (Å²) in [6, 6.07) is 6.76. The van der Waals surface area contributed by atoms with Crippen molar-refractivity contribution >= 4 is 11.6 Å². The molecule has 1 amide bonds. The van der Waals surface area contributed by atoms with Crippen LogP contribution in [0, 0.1) is 0 Å². The number of nitrogens with zero attached hydrogens (tertiary/aromatic N) is 1. The number of rotatable bonds is 4. The first-order chi connectivity index (χ1) is 10.4. The Morgan fingerprint density at radius 3 is 2.73 bits per heavy atom. The maximum absolute atomic E-state index is 12.2. The average molecular weight is 310 g/mol. The van der Waals surface area contributed by atoms with E-state index in [1.54, 1.807) is 12.3 Å². The third-order valence-corrected chi connectivity index (χ3v) is 2.79. The minimum absolute atomic E-state index is 0.202. The second-order valence-corrected chi connectivity index (χ2v) is 4.47. The quantitative estimate of drug-likeness (QED) is 0.934. The number of aryl methyl sites for hydroxylation is 1. The van der Waals surface area contributed by atoms with Crippen LogP contribution in [0.15, 0.2) is 42.7 Å². The van der Waals surface area contributed by atoms with E-state index < -0.39 is 18.0 Å². The first-order valence-electron chi connectivity index (χ1n) is 6.48. The highest BCUT2D eigenvalue weighted by Gasteiger charge is 2.31. The Morgan fingerprint density at radius 2 is 2.05 bits per heavy atom. The second kappa shape index (κ2) is 6.46. The molecule has 4 nitrogen and oxygen atoms in total. The van der Waals surface area contributed by atoms with Gasteiger partial charge in [-0.1, -0.05) is 13.0 Å². The number of amides is 1. The number of carbonyl (C=O) groups excluding carboxylic acids is 1. The number of nitrogens with one attached hydrogen (secondary N) is 1. The molecule has 0 fully saturated rings. The summed E-state index contributed by atoms with van der Waals surface area (Å²) in [5.74, 6) is -0.849. The van der Waals surface area contributed by atoms with Crippen molar-refractivity contribution in [1.29, 1.82) is 0 Å². The van der Waals surface area contributed by atoms with Crippen molar-refractivity contribution in [1.82, 2.24) is 4.98 Å². The summed E-state index contributed by atoms with van der Waals surface area (Å²) < 4.78 is 40.3. The molecule has 0 saturated heterocycles. The molecule has 1 aromatic carbocycles. The Labute approximate surface area is 124 Å². The number of pyridine rings is 1. The number of aromatic nitrogens is 1. The van der Waals surface area contributed by atoms with E-state index in [9.17, 15) is 18.0 Å². The maximum atomic E-state index is 12.2. The summed E-state index contributed by atoms with van der Waals surface area (Å²) in [6.45, 7) is 1.93. The largest absolute Gasteiger partial charge is 0.573 e. The topological polar surface area (TPSA) is 51.2 Å². The van der Waals surface area contributed by atoms with Crippen molar-refractivity contribution in [3.63, 3.8) is 0 Å². The van der Waals surface area contributed by atoms with E-state index in [1.807, 2.05) is 6.92 Å². The number of ether oxygens (including phenoxy) is 1. The SMILES string of the molecule is CCc1cncc(C(=O)Nc2cccc(OC(F)(F)F)c2)c1. The van der Waals surface area contributed by atoms with Crippen LogP contribution < -0.4 is 10.1 Å². The fraction of sp³-hybridized carbons (Fsp3) is 0.200. The van der Waals surface area contributed by atoms with Crippen LogP contribution >= 0.6 is 0 Å². The number of hydrogen-bond acceptors (Lipinski definition) is 3. The number of alkyl halides is 3. The Bertz CT molecular complexity index is 672. The van der Waals surface area contributed by atoms with Gasteiger partial charge >= 0.3 is 6.36 Å². The van der Waals surface area contributed by atoms with Crippen LogP contribution in [0.5, 0.6) is 5.75 Å². The Morgan fingerprint density at radius 1 is 1.27 bits per heavy atom. The molecule has 0 spiro atoms. The molecule has 2 rings (SSSR count). The summed E-state index contributed by atoms with van der Waals surface area (Å²) in [4.78, 5) is 16.0. The standard InChI is InChI=1S/C15H13F3N2O2/c1-2-10-6-11(9-19-8-10)14(21)20-12-4-3-5-13(7-12)22-15(16,17)18/h3-9H,2H2,1H3,(H,20,21). The molecule has 2 aromatic rings. The normalized spacial score (nSPS) is 11.1. The molecular formula is C15H13F3N2O2. The molecule has 0 radical (unpaired) electrons. The zero-order valence-electron chi connectivity index (χ0n) is 11.6. The van der Waals surface area contributed by atoms with Crippen molar-refractivity contribution in [2.75, 3.05) is 5.32 Å². The lowest BCUT2D eigenvalue weighted by atomic mass is 10.1. The van der Waals surface area contributed by atoms with Crippen LogP contribution in [0.1, 0.15) is 22.8 Å². The molecule has 116 valence electrons. The molecular weight excluding hydrogens is 297 g/mol. The zero-order valence-corrected chi connectivity index (χ0v) is 11.6. The van der Waals surface area contributed by atoms with Crippen LogP contribution in [-0.2, 0) is 6.42 Å². The van der Waals surface area contributed by atoms with Gasteiger partial charge in [0.2, 0.25) is 0 Å². The van der Waals surface area contributed by atoms with Gasteiger partial charge in [-0.3, -0.25) is 9.78 Å².